The topological polar surface area (TPSA) is 58.3 Å². The standard InChI is InChI=1S/C9H19N3.C9H17N3/c2*1-6(2)9-11-10-8(5)12(9)7(3)4/h6-8,10H,1-5H3;6-7H,1-5H3. The highest BCUT2D eigenvalue weighted by atomic mass is 15.5. The smallest absolute Gasteiger partial charge is 0.135 e. The molecule has 0 saturated heterocycles. The van der Waals surface area contributed by atoms with Crippen LogP contribution in [-0.2, 0) is 0 Å². The molecule has 1 N–H and O–H groups in total. The number of rotatable bonds is 4. The van der Waals surface area contributed by atoms with Gasteiger partial charge in [-0.2, -0.15) is 5.10 Å². The second-order valence-corrected chi connectivity index (χ2v) is 7.65. The molecular weight excluding hydrogens is 300 g/mol. The fourth-order valence-corrected chi connectivity index (χ4v) is 3.03. The van der Waals surface area contributed by atoms with Crippen molar-refractivity contribution < 1.29 is 0 Å². The Morgan fingerprint density at radius 1 is 0.875 bits per heavy atom. The van der Waals surface area contributed by atoms with Gasteiger partial charge in [0.25, 0.3) is 0 Å². The van der Waals surface area contributed by atoms with E-state index in [-0.39, 0.29) is 0 Å². The van der Waals surface area contributed by atoms with Crippen LogP contribution in [-0.4, -0.2) is 37.7 Å². The molecule has 0 fully saturated rings. The van der Waals surface area contributed by atoms with E-state index < -0.39 is 0 Å². The molecule has 0 saturated carbocycles. The summed E-state index contributed by atoms with van der Waals surface area (Å²) in [6, 6.07) is 0.980. The normalized spacial score (nSPS) is 17.5. The molecule has 24 heavy (non-hydrogen) atoms. The average molecular weight is 337 g/mol. The largest absolute Gasteiger partial charge is 0.335 e. The third-order valence-corrected chi connectivity index (χ3v) is 4.05. The molecule has 1 unspecified atom stereocenters. The van der Waals surface area contributed by atoms with E-state index in [9.17, 15) is 0 Å². The van der Waals surface area contributed by atoms with Gasteiger partial charge in [0.05, 0.1) is 0 Å². The van der Waals surface area contributed by atoms with Crippen LogP contribution in [0.1, 0.15) is 85.9 Å². The van der Waals surface area contributed by atoms with E-state index in [1.54, 1.807) is 0 Å². The van der Waals surface area contributed by atoms with E-state index >= 15 is 0 Å². The summed E-state index contributed by atoms with van der Waals surface area (Å²) in [5, 5.41) is 12.5. The first kappa shape index (κ1) is 20.5. The third kappa shape index (κ3) is 4.71. The van der Waals surface area contributed by atoms with Gasteiger partial charge in [-0.15, -0.1) is 10.2 Å². The molecule has 2 rings (SSSR count). The van der Waals surface area contributed by atoms with Crippen LogP contribution >= 0.6 is 0 Å². The molecule has 1 aromatic heterocycles. The van der Waals surface area contributed by atoms with Gasteiger partial charge < -0.3 is 9.47 Å². The van der Waals surface area contributed by atoms with Crippen LogP contribution < -0.4 is 5.43 Å². The number of hydrazone groups is 1. The molecule has 0 amide bonds. The Bertz CT molecular complexity index is 542. The van der Waals surface area contributed by atoms with Crippen molar-refractivity contribution in [2.45, 2.75) is 93.4 Å². The summed E-state index contributed by atoms with van der Waals surface area (Å²) in [4.78, 5) is 2.32. The molecule has 0 aromatic carbocycles. The summed E-state index contributed by atoms with van der Waals surface area (Å²) < 4.78 is 2.19. The lowest BCUT2D eigenvalue weighted by atomic mass is 10.1. The van der Waals surface area contributed by atoms with E-state index in [4.69, 9.17) is 0 Å². The molecule has 1 aliphatic rings. The van der Waals surface area contributed by atoms with E-state index in [1.165, 1.54) is 5.84 Å². The van der Waals surface area contributed by atoms with Crippen LogP contribution in [0.2, 0.25) is 0 Å². The highest BCUT2D eigenvalue weighted by Gasteiger charge is 2.27. The quantitative estimate of drug-likeness (QED) is 0.906. The summed E-state index contributed by atoms with van der Waals surface area (Å²) >= 11 is 0. The fraction of sp³-hybridized carbons (Fsp3) is 0.833. The molecule has 1 atom stereocenters. The third-order valence-electron chi connectivity index (χ3n) is 4.05. The number of nitrogens with one attached hydrogen (secondary N) is 1. The molecule has 2 heterocycles. The zero-order chi connectivity index (χ0) is 18.6. The Morgan fingerprint density at radius 2 is 1.46 bits per heavy atom. The maximum absolute atomic E-state index is 4.31. The first-order chi connectivity index (χ1) is 11.1. The van der Waals surface area contributed by atoms with Crippen molar-refractivity contribution in [3.8, 4) is 0 Å². The van der Waals surface area contributed by atoms with Gasteiger partial charge in [0.1, 0.15) is 23.7 Å². The monoisotopic (exact) mass is 336 g/mol. The van der Waals surface area contributed by atoms with E-state index in [0.717, 1.165) is 11.6 Å². The summed E-state index contributed by atoms with van der Waals surface area (Å²) in [5.74, 6) is 4.23. The molecule has 0 radical (unpaired) electrons. The molecule has 0 spiro atoms. The molecule has 138 valence electrons. The summed E-state index contributed by atoms with van der Waals surface area (Å²) in [6.45, 7) is 21.5. The Morgan fingerprint density at radius 3 is 1.79 bits per heavy atom. The molecule has 0 bridgehead atoms. The number of nitrogens with zero attached hydrogens (tertiary/aromatic N) is 5. The Kier molecular flexibility index (Phi) is 7.24. The van der Waals surface area contributed by atoms with Crippen LogP contribution in [0.5, 0.6) is 0 Å². The number of aryl methyl sites for hydroxylation is 1. The van der Waals surface area contributed by atoms with Crippen molar-refractivity contribution in [1.82, 2.24) is 25.1 Å². The van der Waals surface area contributed by atoms with Crippen molar-refractivity contribution in [1.29, 1.82) is 0 Å². The van der Waals surface area contributed by atoms with Gasteiger partial charge >= 0.3 is 0 Å². The van der Waals surface area contributed by atoms with Gasteiger partial charge in [0.2, 0.25) is 0 Å². The minimum Gasteiger partial charge on any atom is -0.335 e. The zero-order valence-corrected chi connectivity index (χ0v) is 17.1. The van der Waals surface area contributed by atoms with Gasteiger partial charge in [0, 0.05) is 23.9 Å². The predicted molar refractivity (Wildman–Crippen MR) is 101 cm³/mol. The molecule has 1 aliphatic heterocycles. The van der Waals surface area contributed by atoms with E-state index in [0.29, 0.717) is 30.1 Å². The van der Waals surface area contributed by atoms with Gasteiger partial charge in [-0.1, -0.05) is 27.7 Å². The summed E-state index contributed by atoms with van der Waals surface area (Å²) in [5.41, 5.74) is 3.10. The highest BCUT2D eigenvalue weighted by Crippen LogP contribution is 2.18. The van der Waals surface area contributed by atoms with Crippen LogP contribution in [0.15, 0.2) is 5.10 Å². The lowest BCUT2D eigenvalue weighted by molar-refractivity contribution is 0.264. The van der Waals surface area contributed by atoms with Crippen molar-refractivity contribution >= 4 is 5.84 Å². The van der Waals surface area contributed by atoms with Crippen LogP contribution in [0, 0.1) is 12.8 Å². The maximum atomic E-state index is 4.31. The number of hydrogen-bond donors (Lipinski definition) is 1. The van der Waals surface area contributed by atoms with Crippen molar-refractivity contribution in [3.05, 3.63) is 11.6 Å². The van der Waals surface area contributed by atoms with Crippen molar-refractivity contribution in [2.24, 2.45) is 11.0 Å². The lowest BCUT2D eigenvalue weighted by Crippen LogP contribution is -2.44. The van der Waals surface area contributed by atoms with Gasteiger partial charge in [0.15, 0.2) is 0 Å². The number of hydrogen-bond acceptors (Lipinski definition) is 5. The second kappa shape index (κ2) is 8.49. The van der Waals surface area contributed by atoms with E-state index in [1.807, 2.05) is 6.92 Å². The first-order valence-electron chi connectivity index (χ1n) is 9.10. The van der Waals surface area contributed by atoms with Crippen molar-refractivity contribution in [2.75, 3.05) is 0 Å². The minimum atomic E-state index is 0.349. The maximum Gasteiger partial charge on any atom is 0.135 e. The van der Waals surface area contributed by atoms with Crippen LogP contribution in [0.3, 0.4) is 0 Å². The lowest BCUT2D eigenvalue weighted by Gasteiger charge is -2.30. The SMILES string of the molecule is CC(C)C1=NNC(C)N1C(C)C.Cc1nnc(C(C)C)n1C(C)C. The van der Waals surface area contributed by atoms with Crippen LogP contribution in [0.4, 0.5) is 0 Å². The molecule has 0 aliphatic carbocycles. The number of amidine groups is 1. The molecule has 1 aromatic rings. The molecule has 6 nitrogen and oxygen atoms in total. The zero-order valence-electron chi connectivity index (χ0n) is 17.1. The summed E-state index contributed by atoms with van der Waals surface area (Å²) in [7, 11) is 0. The van der Waals surface area contributed by atoms with Gasteiger partial charge in [-0.25, -0.2) is 0 Å². The Labute approximate surface area is 147 Å². The fourth-order valence-electron chi connectivity index (χ4n) is 3.03. The Hall–Kier alpha value is -1.59. The predicted octanol–water partition coefficient (Wildman–Crippen LogP) is 3.91. The highest BCUT2D eigenvalue weighted by molar-refractivity contribution is 5.85. The summed E-state index contributed by atoms with van der Waals surface area (Å²) in [6.07, 6.45) is 0.349. The van der Waals surface area contributed by atoms with Gasteiger partial charge in [-0.3, -0.25) is 5.43 Å². The molecule has 6 heteroatoms. The first-order valence-corrected chi connectivity index (χ1v) is 9.10. The van der Waals surface area contributed by atoms with Crippen molar-refractivity contribution in [3.63, 3.8) is 0 Å². The number of aromatic nitrogens is 3. The molecular formula is C18H36N6. The van der Waals surface area contributed by atoms with Crippen LogP contribution in [0.25, 0.3) is 0 Å². The Balaban J connectivity index is 0.000000240. The minimum absolute atomic E-state index is 0.349. The average Bonchev–Trinajstić information content (AvgIpc) is 3.02. The van der Waals surface area contributed by atoms with E-state index in [2.05, 4.69) is 92.5 Å². The van der Waals surface area contributed by atoms with Gasteiger partial charge in [-0.05, 0) is 41.5 Å². The second-order valence-electron chi connectivity index (χ2n) is 7.65.